The summed E-state index contributed by atoms with van der Waals surface area (Å²) in [7, 11) is -2.08. The molecule has 2 aliphatic heterocycles. The normalized spacial score (nSPS) is 27.9. The predicted octanol–water partition coefficient (Wildman–Crippen LogP) is 9.84. The highest BCUT2D eigenvalue weighted by Crippen LogP contribution is 2.60. The highest BCUT2D eigenvalue weighted by Gasteiger charge is 2.57. The number of rotatable bonds is 4. The molecule has 4 atom stereocenters. The SMILES string of the molecule is Cc1nc([C@H]2OC3(CCOCC3I)c3c4c(nc(C(C)C)c32)CC(C)(C)CC4O[Si](C)(C)C(C)(C)C)sc1C(C)(C)C. The van der Waals surface area contributed by atoms with Gasteiger partial charge >= 0.3 is 0 Å². The van der Waals surface area contributed by atoms with Gasteiger partial charge in [0.25, 0.3) is 0 Å². The standard InChI is InChI=1S/C34H53IN2O3SSi/c1-19(2)27-25-26(24-21(37-27)16-33(10,11)17-22(24)40-42(12,13)32(7,8)9)34(14-15-38-18-23(34)35)39-28(25)30-36-20(3)29(41-30)31(4,5)6/h19,22-23,28H,14-18H2,1-13H3/t22?,23?,28-,34?/m0/s1. The summed E-state index contributed by atoms with van der Waals surface area (Å²) >= 11 is 4.43. The average molecular weight is 725 g/mol. The molecule has 234 valence electrons. The highest BCUT2D eigenvalue weighted by molar-refractivity contribution is 14.1. The first kappa shape index (κ1) is 33.0. The van der Waals surface area contributed by atoms with Gasteiger partial charge in [0, 0.05) is 46.0 Å². The van der Waals surface area contributed by atoms with Crippen LogP contribution >= 0.6 is 33.9 Å². The van der Waals surface area contributed by atoms with Crippen molar-refractivity contribution in [2.45, 2.75) is 147 Å². The van der Waals surface area contributed by atoms with E-state index >= 15 is 0 Å². The van der Waals surface area contributed by atoms with Crippen LogP contribution in [0.4, 0.5) is 0 Å². The van der Waals surface area contributed by atoms with Gasteiger partial charge in [-0.05, 0) is 54.6 Å². The number of alkyl halides is 1. The Kier molecular flexibility index (Phi) is 8.52. The van der Waals surface area contributed by atoms with Crippen molar-refractivity contribution in [1.82, 2.24) is 9.97 Å². The van der Waals surface area contributed by atoms with E-state index in [0.29, 0.717) is 13.2 Å². The summed E-state index contributed by atoms with van der Waals surface area (Å²) < 4.78 is 21.1. The van der Waals surface area contributed by atoms with E-state index in [1.807, 2.05) is 11.3 Å². The molecule has 0 radical (unpaired) electrons. The minimum Gasteiger partial charge on any atom is -0.410 e. The first-order chi connectivity index (χ1) is 19.2. The Balaban J connectivity index is 1.82. The molecule has 0 saturated carbocycles. The van der Waals surface area contributed by atoms with Crippen molar-refractivity contribution >= 4 is 42.2 Å². The van der Waals surface area contributed by atoms with Crippen LogP contribution in [0.3, 0.4) is 0 Å². The molecule has 4 heterocycles. The molecule has 2 aromatic heterocycles. The lowest BCUT2D eigenvalue weighted by Gasteiger charge is -2.47. The number of fused-ring (bicyclic) bond motifs is 4. The minimum absolute atomic E-state index is 0.000871. The maximum absolute atomic E-state index is 7.47. The summed E-state index contributed by atoms with van der Waals surface area (Å²) in [4.78, 5) is 12.1. The monoisotopic (exact) mass is 724 g/mol. The molecule has 3 unspecified atom stereocenters. The molecule has 1 saturated heterocycles. The van der Waals surface area contributed by atoms with Crippen LogP contribution in [-0.2, 0) is 31.3 Å². The van der Waals surface area contributed by atoms with Gasteiger partial charge in [-0.1, -0.05) is 91.8 Å². The lowest BCUT2D eigenvalue weighted by molar-refractivity contribution is -0.113. The number of aryl methyl sites for hydroxylation is 1. The maximum Gasteiger partial charge on any atom is 0.192 e. The Morgan fingerprint density at radius 1 is 1.07 bits per heavy atom. The Morgan fingerprint density at radius 2 is 1.74 bits per heavy atom. The lowest BCUT2D eigenvalue weighted by atomic mass is 9.70. The third-order valence-electron chi connectivity index (χ3n) is 10.00. The van der Waals surface area contributed by atoms with Gasteiger partial charge in [-0.3, -0.25) is 4.98 Å². The molecule has 1 spiro atoms. The molecule has 8 heteroatoms. The predicted molar refractivity (Wildman–Crippen MR) is 185 cm³/mol. The topological polar surface area (TPSA) is 53.5 Å². The zero-order chi connectivity index (χ0) is 31.2. The van der Waals surface area contributed by atoms with Gasteiger partial charge in [-0.25, -0.2) is 4.98 Å². The zero-order valence-corrected chi connectivity index (χ0v) is 32.2. The van der Waals surface area contributed by atoms with E-state index in [0.717, 1.165) is 30.0 Å². The molecular formula is C34H53IN2O3SSi. The fourth-order valence-corrected chi connectivity index (χ4v) is 10.4. The summed E-state index contributed by atoms with van der Waals surface area (Å²) in [6.45, 7) is 31.5. The molecule has 0 amide bonds. The quantitative estimate of drug-likeness (QED) is 0.179. The van der Waals surface area contributed by atoms with Crippen molar-refractivity contribution in [1.29, 1.82) is 0 Å². The van der Waals surface area contributed by atoms with Crippen LogP contribution < -0.4 is 0 Å². The van der Waals surface area contributed by atoms with Crippen LogP contribution in [0.25, 0.3) is 0 Å². The average Bonchev–Trinajstić information content (AvgIpc) is 3.38. The number of thiazole rings is 1. The summed E-state index contributed by atoms with van der Waals surface area (Å²) in [6, 6.07) is 0. The number of aromatic nitrogens is 2. The van der Waals surface area contributed by atoms with Crippen molar-refractivity contribution in [3.8, 4) is 0 Å². The lowest BCUT2D eigenvalue weighted by Crippen LogP contribution is -2.47. The third-order valence-corrected chi connectivity index (χ3v) is 17.5. The molecule has 1 aliphatic carbocycles. The molecule has 0 N–H and O–H groups in total. The number of ether oxygens (including phenoxy) is 2. The molecule has 5 nitrogen and oxygen atoms in total. The molecule has 2 aromatic rings. The van der Waals surface area contributed by atoms with Crippen molar-refractivity contribution in [3.05, 3.63) is 43.7 Å². The molecule has 1 fully saturated rings. The first-order valence-electron chi connectivity index (χ1n) is 15.8. The fourth-order valence-electron chi connectivity index (χ4n) is 6.93. The van der Waals surface area contributed by atoms with Crippen LogP contribution in [0.15, 0.2) is 0 Å². The molecule has 42 heavy (non-hydrogen) atoms. The van der Waals surface area contributed by atoms with Gasteiger partial charge in [-0.15, -0.1) is 11.3 Å². The second-order valence-corrected chi connectivity index (χ2v) is 23.9. The number of hydrogen-bond acceptors (Lipinski definition) is 6. The van der Waals surface area contributed by atoms with Crippen LogP contribution in [-0.4, -0.2) is 35.4 Å². The molecule has 3 aliphatic rings. The second-order valence-electron chi connectivity index (χ2n) is 16.6. The first-order valence-corrected chi connectivity index (χ1v) is 20.8. The van der Waals surface area contributed by atoms with E-state index in [-0.39, 0.29) is 37.9 Å². The largest absolute Gasteiger partial charge is 0.410 e. The van der Waals surface area contributed by atoms with E-state index in [2.05, 4.69) is 112 Å². The summed E-state index contributed by atoms with van der Waals surface area (Å²) in [6.07, 6.45) is 2.57. The molecule has 0 bridgehead atoms. The van der Waals surface area contributed by atoms with Gasteiger partial charge in [-0.2, -0.15) is 0 Å². The number of halogens is 1. The van der Waals surface area contributed by atoms with Crippen molar-refractivity contribution in [2.24, 2.45) is 5.41 Å². The Morgan fingerprint density at radius 3 is 2.29 bits per heavy atom. The van der Waals surface area contributed by atoms with Crippen molar-refractivity contribution in [3.63, 3.8) is 0 Å². The van der Waals surface area contributed by atoms with E-state index in [9.17, 15) is 0 Å². The Hall–Kier alpha value is -0.393. The van der Waals surface area contributed by atoms with Gasteiger partial charge in [0.2, 0.25) is 0 Å². The molecule has 0 aromatic carbocycles. The Labute approximate surface area is 273 Å². The second kappa shape index (κ2) is 10.9. The number of nitrogens with zero attached hydrogens (tertiary/aromatic N) is 2. The van der Waals surface area contributed by atoms with Gasteiger partial charge < -0.3 is 13.9 Å². The minimum atomic E-state index is -2.08. The summed E-state index contributed by atoms with van der Waals surface area (Å²) in [5.41, 5.74) is 7.17. The van der Waals surface area contributed by atoms with E-state index in [4.69, 9.17) is 23.9 Å². The third kappa shape index (κ3) is 5.61. The summed E-state index contributed by atoms with van der Waals surface area (Å²) in [5.74, 6) is 0.269. The van der Waals surface area contributed by atoms with Crippen molar-refractivity contribution in [2.75, 3.05) is 13.2 Å². The van der Waals surface area contributed by atoms with E-state index < -0.39 is 13.9 Å². The number of pyridine rings is 1. The maximum atomic E-state index is 7.47. The molecule has 5 rings (SSSR count). The smallest absolute Gasteiger partial charge is 0.192 e. The van der Waals surface area contributed by atoms with Crippen LogP contribution in [0.2, 0.25) is 18.1 Å². The van der Waals surface area contributed by atoms with Crippen LogP contribution in [0.1, 0.15) is 144 Å². The number of hydrogen-bond donors (Lipinski definition) is 0. The van der Waals surface area contributed by atoms with E-state index in [1.54, 1.807) is 0 Å². The fraction of sp³-hybridized carbons (Fsp3) is 0.765. The highest BCUT2D eigenvalue weighted by atomic mass is 127. The zero-order valence-electron chi connectivity index (χ0n) is 28.3. The summed E-state index contributed by atoms with van der Waals surface area (Å²) in [5, 5.41) is 1.18. The van der Waals surface area contributed by atoms with Gasteiger partial charge in [0.05, 0.1) is 22.3 Å². The van der Waals surface area contributed by atoms with Gasteiger partial charge in [0.1, 0.15) is 16.7 Å². The van der Waals surface area contributed by atoms with Crippen LogP contribution in [0.5, 0.6) is 0 Å². The molecular weight excluding hydrogens is 671 g/mol. The van der Waals surface area contributed by atoms with Crippen LogP contribution in [0, 0.1) is 12.3 Å². The van der Waals surface area contributed by atoms with Gasteiger partial charge in [0.15, 0.2) is 8.32 Å². The van der Waals surface area contributed by atoms with Crippen molar-refractivity contribution < 1.29 is 13.9 Å². The van der Waals surface area contributed by atoms with E-state index in [1.165, 1.54) is 33.0 Å². The Bertz CT molecular complexity index is 1360.